The van der Waals surface area contributed by atoms with E-state index in [0.29, 0.717) is 34.2 Å². The molecule has 10 nitrogen and oxygen atoms in total. The van der Waals surface area contributed by atoms with Crippen molar-refractivity contribution in [3.63, 3.8) is 0 Å². The van der Waals surface area contributed by atoms with Gasteiger partial charge >= 0.3 is 0 Å². The fraction of sp³-hybridized carbons (Fsp3) is 0.526. The number of nitrogens with zero attached hydrogens (tertiary/aromatic N) is 8. The fourth-order valence-electron chi connectivity index (χ4n) is 4.57. The lowest BCUT2D eigenvalue weighted by Gasteiger charge is -2.32. The van der Waals surface area contributed by atoms with Gasteiger partial charge in [-0.05, 0) is 30.3 Å². The smallest absolute Gasteiger partial charge is 0.235 e. The zero-order valence-electron chi connectivity index (χ0n) is 17.1. The predicted octanol–water partition coefficient (Wildman–Crippen LogP) is 2.28. The number of fused-ring (bicyclic) bond motifs is 1. The molecule has 6 rings (SSSR count). The minimum atomic E-state index is -0.345. The van der Waals surface area contributed by atoms with Gasteiger partial charge in [0.2, 0.25) is 11.0 Å². The summed E-state index contributed by atoms with van der Waals surface area (Å²) in [5, 5.41) is 23.2. The largest absolute Gasteiger partial charge is 0.370 e. The van der Waals surface area contributed by atoms with Crippen molar-refractivity contribution >= 4 is 33.8 Å². The van der Waals surface area contributed by atoms with Gasteiger partial charge in [0.1, 0.15) is 12.4 Å². The van der Waals surface area contributed by atoms with Crippen LogP contribution in [0.2, 0.25) is 5.02 Å². The zero-order chi connectivity index (χ0) is 21.8. The summed E-state index contributed by atoms with van der Waals surface area (Å²) >= 11 is 7.75. The van der Waals surface area contributed by atoms with Gasteiger partial charge in [0, 0.05) is 38.0 Å². The second-order valence-corrected chi connectivity index (χ2v) is 9.62. The highest BCUT2D eigenvalue weighted by Crippen LogP contribution is 2.39. The molecular weight excluding hydrogens is 459 g/mol. The van der Waals surface area contributed by atoms with Crippen molar-refractivity contribution in [1.29, 1.82) is 0 Å². The van der Waals surface area contributed by atoms with Gasteiger partial charge in [-0.2, -0.15) is 4.80 Å². The summed E-state index contributed by atoms with van der Waals surface area (Å²) in [5.74, 6) is 1.10. The number of tetrazole rings is 1. The van der Waals surface area contributed by atoms with E-state index in [1.165, 1.54) is 28.3 Å². The topological polar surface area (TPSA) is 94.3 Å². The molecule has 3 aromatic rings. The molecule has 0 bridgehead atoms. The Bertz CT molecular complexity index is 1120. The monoisotopic (exact) mass is 478 g/mol. The zero-order valence-corrected chi connectivity index (χ0v) is 18.7. The third-order valence-corrected chi connectivity index (χ3v) is 7.36. The Hall–Kier alpha value is -2.41. The van der Waals surface area contributed by atoms with Gasteiger partial charge in [-0.3, -0.25) is 0 Å². The van der Waals surface area contributed by atoms with Crippen molar-refractivity contribution < 1.29 is 13.9 Å². The van der Waals surface area contributed by atoms with Crippen LogP contribution in [0.5, 0.6) is 0 Å². The van der Waals surface area contributed by atoms with Gasteiger partial charge in [-0.1, -0.05) is 22.9 Å². The number of benzene rings is 1. The van der Waals surface area contributed by atoms with E-state index in [1.54, 1.807) is 6.07 Å². The third kappa shape index (κ3) is 3.70. The fourth-order valence-corrected chi connectivity index (χ4v) is 5.60. The van der Waals surface area contributed by atoms with Gasteiger partial charge in [0.05, 0.1) is 10.7 Å². The van der Waals surface area contributed by atoms with E-state index < -0.39 is 0 Å². The average molecular weight is 479 g/mol. The average Bonchev–Trinajstić information content (AvgIpc) is 3.51. The Morgan fingerprint density at radius 2 is 1.84 bits per heavy atom. The second kappa shape index (κ2) is 7.87. The molecule has 0 amide bonds. The van der Waals surface area contributed by atoms with Crippen molar-refractivity contribution in [3.8, 4) is 10.8 Å². The SMILES string of the molecule is CC1OC(Cn2nnc(-c3nnc(N4CC5CN(c6cc(F)ccc6Cl)CC5C4)s3)n2)O1. The summed E-state index contributed by atoms with van der Waals surface area (Å²) < 4.78 is 24.5. The maximum atomic E-state index is 13.7. The number of hydrogen-bond acceptors (Lipinski definition) is 10. The van der Waals surface area contributed by atoms with Crippen LogP contribution in [0, 0.1) is 17.7 Å². The van der Waals surface area contributed by atoms with Crippen LogP contribution in [0.25, 0.3) is 10.8 Å². The molecule has 168 valence electrons. The molecule has 32 heavy (non-hydrogen) atoms. The molecule has 2 unspecified atom stereocenters. The van der Waals surface area contributed by atoms with Crippen LogP contribution in [-0.4, -0.2) is 69.2 Å². The van der Waals surface area contributed by atoms with Gasteiger partial charge in [0.15, 0.2) is 17.6 Å². The van der Waals surface area contributed by atoms with E-state index in [0.717, 1.165) is 37.0 Å². The lowest BCUT2D eigenvalue weighted by Crippen LogP contribution is -2.41. The van der Waals surface area contributed by atoms with Gasteiger partial charge in [0.25, 0.3) is 0 Å². The molecule has 5 heterocycles. The van der Waals surface area contributed by atoms with Crippen molar-refractivity contribution in [2.75, 3.05) is 36.0 Å². The molecule has 0 spiro atoms. The molecule has 0 saturated carbocycles. The summed E-state index contributed by atoms with van der Waals surface area (Å²) in [6.45, 7) is 5.64. The number of rotatable bonds is 5. The van der Waals surface area contributed by atoms with Crippen LogP contribution in [0.4, 0.5) is 15.2 Å². The molecule has 2 aromatic heterocycles. The Morgan fingerprint density at radius 3 is 2.59 bits per heavy atom. The first-order valence-corrected chi connectivity index (χ1v) is 11.6. The molecule has 3 saturated heterocycles. The summed E-state index contributed by atoms with van der Waals surface area (Å²) in [5.41, 5.74) is 0.770. The van der Waals surface area contributed by atoms with Crippen LogP contribution in [-0.2, 0) is 16.0 Å². The molecule has 2 atom stereocenters. The summed E-state index contributed by atoms with van der Waals surface area (Å²) in [4.78, 5) is 5.88. The van der Waals surface area contributed by atoms with Crippen LogP contribution in [0.3, 0.4) is 0 Å². The molecule has 3 aliphatic heterocycles. The quantitative estimate of drug-likeness (QED) is 0.547. The number of ether oxygens (including phenoxy) is 2. The maximum absolute atomic E-state index is 13.7. The molecule has 3 aliphatic rings. The lowest BCUT2D eigenvalue weighted by atomic mass is 10.0. The minimum absolute atomic E-state index is 0.188. The molecule has 13 heteroatoms. The molecular formula is C19H20ClFN8O2S. The number of hydrogen-bond donors (Lipinski definition) is 0. The normalized spacial score (nSPS) is 27.1. The van der Waals surface area contributed by atoms with E-state index in [9.17, 15) is 4.39 Å². The van der Waals surface area contributed by atoms with Crippen LogP contribution < -0.4 is 9.80 Å². The Morgan fingerprint density at radius 1 is 1.09 bits per heavy atom. The van der Waals surface area contributed by atoms with Crippen LogP contribution in [0.1, 0.15) is 6.92 Å². The molecule has 0 aliphatic carbocycles. The standard InChI is InChI=1S/C19H20ClFN8O2S/c1-10-30-16(31-10)9-29-25-17(22-26-29)18-23-24-19(32-18)28-7-11-5-27(6-12(11)8-28)15-4-13(21)2-3-14(15)20/h2-4,10-12,16H,5-9H2,1H3. The number of anilines is 2. The first-order chi connectivity index (χ1) is 15.5. The summed E-state index contributed by atoms with van der Waals surface area (Å²) in [7, 11) is 0. The second-order valence-electron chi connectivity index (χ2n) is 8.25. The van der Waals surface area contributed by atoms with Crippen molar-refractivity contribution in [3.05, 3.63) is 29.0 Å². The minimum Gasteiger partial charge on any atom is -0.370 e. The van der Waals surface area contributed by atoms with Crippen molar-refractivity contribution in [1.82, 2.24) is 30.4 Å². The van der Waals surface area contributed by atoms with Crippen LogP contribution in [0.15, 0.2) is 18.2 Å². The Kier molecular flexibility index (Phi) is 4.97. The van der Waals surface area contributed by atoms with Gasteiger partial charge < -0.3 is 19.3 Å². The summed E-state index contributed by atoms with van der Waals surface area (Å²) in [6.07, 6.45) is -0.533. The van der Waals surface area contributed by atoms with Crippen LogP contribution >= 0.6 is 22.9 Å². The highest BCUT2D eigenvalue weighted by atomic mass is 35.5. The first kappa shape index (κ1) is 20.2. The molecule has 0 N–H and O–H groups in total. The lowest BCUT2D eigenvalue weighted by molar-refractivity contribution is -0.380. The highest BCUT2D eigenvalue weighted by molar-refractivity contribution is 7.18. The number of aromatic nitrogens is 6. The highest BCUT2D eigenvalue weighted by Gasteiger charge is 2.41. The van der Waals surface area contributed by atoms with E-state index in [4.69, 9.17) is 21.1 Å². The molecule has 0 radical (unpaired) electrons. The van der Waals surface area contributed by atoms with E-state index in [1.807, 2.05) is 6.92 Å². The third-order valence-electron chi connectivity index (χ3n) is 6.06. The van der Waals surface area contributed by atoms with E-state index in [-0.39, 0.29) is 18.4 Å². The van der Waals surface area contributed by atoms with Gasteiger partial charge in [-0.15, -0.1) is 20.4 Å². The predicted molar refractivity (Wildman–Crippen MR) is 115 cm³/mol. The van der Waals surface area contributed by atoms with Gasteiger partial charge in [-0.25, -0.2) is 4.39 Å². The Labute approximate surface area is 191 Å². The van der Waals surface area contributed by atoms with Crippen molar-refractivity contribution in [2.45, 2.75) is 26.0 Å². The first-order valence-electron chi connectivity index (χ1n) is 10.4. The van der Waals surface area contributed by atoms with E-state index >= 15 is 0 Å². The van der Waals surface area contributed by atoms with E-state index in [2.05, 4.69) is 35.4 Å². The summed E-state index contributed by atoms with van der Waals surface area (Å²) in [6, 6.07) is 4.52. The van der Waals surface area contributed by atoms with Crippen molar-refractivity contribution in [2.24, 2.45) is 11.8 Å². The molecule has 1 aromatic carbocycles. The Balaban J connectivity index is 1.09. The number of halogens is 2. The molecule has 3 fully saturated rings. The maximum Gasteiger partial charge on any atom is 0.235 e.